The Hall–Kier alpha value is -0.556. The molecule has 0 aliphatic heterocycles. The number of hydrogen-bond donors (Lipinski definition) is 0. The highest BCUT2D eigenvalue weighted by Gasteiger charge is 2.60. The molecule has 0 aromatic heterocycles. The van der Waals surface area contributed by atoms with Crippen molar-refractivity contribution in [1.29, 1.82) is 0 Å². The zero-order valence-electron chi connectivity index (χ0n) is 13.8. The maximum Gasteiger partial charge on any atom is 0.505 e. The Bertz CT molecular complexity index is 345. The first-order valence-corrected chi connectivity index (χ1v) is 10.3. The fourth-order valence-corrected chi connectivity index (χ4v) is 9.44. The highest BCUT2D eigenvalue weighted by Crippen LogP contribution is 2.34. The first-order valence-electron chi connectivity index (χ1n) is 6.37. The molecule has 0 heterocycles. The molecule has 0 aliphatic rings. The molecule has 21 heavy (non-hydrogen) atoms. The molecule has 9 heteroatoms. The number of carbonyl (C=O) groups excluding carboxylic acids is 1. The van der Waals surface area contributed by atoms with Crippen LogP contribution in [0.15, 0.2) is 12.2 Å². The van der Waals surface area contributed by atoms with E-state index >= 15 is 0 Å². The molecule has 0 amide bonds. The Balaban J connectivity index is 5.34. The molecular weight excluding hydrogens is 312 g/mol. The van der Waals surface area contributed by atoms with Crippen LogP contribution in [0.1, 0.15) is 13.8 Å². The summed E-state index contributed by atoms with van der Waals surface area (Å²) >= 11 is 0. The van der Waals surface area contributed by atoms with Crippen LogP contribution >= 0.6 is 0 Å². The standard InChI is InChI=1S/C12H26O7Si2/c1-10(2)12(13)19-9-20(14-4,15-5)11(3)21(16-6,17-7)18-8/h11H,1,9H2,2-8H3. The van der Waals surface area contributed by atoms with E-state index in [1.165, 1.54) is 35.5 Å². The topological polar surface area (TPSA) is 72.5 Å². The third-order valence-electron chi connectivity index (χ3n) is 3.49. The van der Waals surface area contributed by atoms with Gasteiger partial charge in [-0.15, -0.1) is 0 Å². The van der Waals surface area contributed by atoms with Gasteiger partial charge < -0.3 is 26.9 Å². The van der Waals surface area contributed by atoms with Crippen molar-refractivity contribution in [3.8, 4) is 0 Å². The van der Waals surface area contributed by atoms with Crippen LogP contribution < -0.4 is 0 Å². The van der Waals surface area contributed by atoms with Gasteiger partial charge in [0.05, 0.1) is 5.16 Å². The average Bonchev–Trinajstić information content (AvgIpc) is 2.50. The largest absolute Gasteiger partial charge is 0.505 e. The smallest absolute Gasteiger partial charge is 0.460 e. The lowest BCUT2D eigenvalue weighted by atomic mass is 10.4. The molecular formula is C12H26O7Si2. The van der Waals surface area contributed by atoms with Gasteiger partial charge in [0.25, 0.3) is 0 Å². The van der Waals surface area contributed by atoms with Crippen LogP contribution in [0.4, 0.5) is 0 Å². The van der Waals surface area contributed by atoms with Crippen molar-refractivity contribution in [2.45, 2.75) is 19.0 Å². The van der Waals surface area contributed by atoms with E-state index in [2.05, 4.69) is 6.58 Å². The number of hydrogen-bond acceptors (Lipinski definition) is 7. The van der Waals surface area contributed by atoms with E-state index in [4.69, 9.17) is 26.9 Å². The molecule has 1 unspecified atom stereocenters. The molecule has 0 rings (SSSR count). The molecule has 0 radical (unpaired) electrons. The average molecular weight is 339 g/mol. The number of rotatable bonds is 10. The maximum absolute atomic E-state index is 11.6. The molecule has 0 N–H and O–H groups in total. The molecule has 0 aromatic rings. The second kappa shape index (κ2) is 8.78. The minimum Gasteiger partial charge on any atom is -0.460 e. The predicted octanol–water partition coefficient (Wildman–Crippen LogP) is 1.19. The Morgan fingerprint density at radius 3 is 1.71 bits per heavy atom. The molecule has 0 spiro atoms. The molecule has 0 aromatic carbocycles. The van der Waals surface area contributed by atoms with Gasteiger partial charge in [-0.1, -0.05) is 13.5 Å². The molecule has 0 bridgehead atoms. The van der Waals surface area contributed by atoms with Crippen LogP contribution in [0.2, 0.25) is 5.16 Å². The molecule has 0 saturated heterocycles. The summed E-state index contributed by atoms with van der Waals surface area (Å²) in [6.07, 6.45) is -0.00229. The van der Waals surface area contributed by atoms with Crippen molar-refractivity contribution in [3.05, 3.63) is 12.2 Å². The third-order valence-corrected chi connectivity index (χ3v) is 11.9. The van der Waals surface area contributed by atoms with Gasteiger partial charge in [0, 0.05) is 41.1 Å². The van der Waals surface area contributed by atoms with Crippen LogP contribution in [-0.2, 0) is 31.7 Å². The predicted molar refractivity (Wildman–Crippen MR) is 81.8 cm³/mol. The molecule has 0 aliphatic carbocycles. The SMILES string of the molecule is C=C(C)C(=O)OC[Si](OC)(OC)C(C)[Si](OC)(OC)OC. The minimum atomic E-state index is -3.00. The summed E-state index contributed by atoms with van der Waals surface area (Å²) < 4.78 is 32.8. The second-order valence-electron chi connectivity index (χ2n) is 4.51. The van der Waals surface area contributed by atoms with Crippen LogP contribution in [0.25, 0.3) is 0 Å². The van der Waals surface area contributed by atoms with E-state index in [0.717, 1.165) is 0 Å². The lowest BCUT2D eigenvalue weighted by molar-refractivity contribution is -0.138. The Morgan fingerprint density at radius 1 is 1.00 bits per heavy atom. The lowest BCUT2D eigenvalue weighted by Gasteiger charge is -2.39. The number of carbonyl (C=O) groups is 1. The lowest BCUT2D eigenvalue weighted by Crippen LogP contribution is -2.62. The van der Waals surface area contributed by atoms with Crippen LogP contribution in [0.5, 0.6) is 0 Å². The Labute approximate surface area is 128 Å². The first kappa shape index (κ1) is 20.4. The summed E-state index contributed by atoms with van der Waals surface area (Å²) in [4.78, 5) is 11.6. The van der Waals surface area contributed by atoms with Gasteiger partial charge in [-0.05, 0) is 6.92 Å². The molecule has 0 fully saturated rings. The summed E-state index contributed by atoms with van der Waals surface area (Å²) in [5.41, 5.74) is 0.312. The van der Waals surface area contributed by atoms with Crippen molar-refractivity contribution in [1.82, 2.24) is 0 Å². The molecule has 0 saturated carbocycles. The van der Waals surface area contributed by atoms with E-state index in [0.29, 0.717) is 5.57 Å². The van der Waals surface area contributed by atoms with Gasteiger partial charge in [-0.3, -0.25) is 0 Å². The van der Waals surface area contributed by atoms with Crippen molar-refractivity contribution in [2.24, 2.45) is 0 Å². The Kier molecular flexibility index (Phi) is 8.55. The van der Waals surface area contributed by atoms with Gasteiger partial charge in [0.2, 0.25) is 0 Å². The normalized spacial score (nSPS) is 13.9. The molecule has 1 atom stereocenters. The van der Waals surface area contributed by atoms with Crippen LogP contribution in [0, 0.1) is 0 Å². The first-order chi connectivity index (χ1) is 9.79. The van der Waals surface area contributed by atoms with Crippen molar-refractivity contribution < 1.29 is 31.7 Å². The maximum atomic E-state index is 11.6. The number of ether oxygens (including phenoxy) is 1. The molecule has 124 valence electrons. The van der Waals surface area contributed by atoms with E-state index in [-0.39, 0.29) is 11.4 Å². The van der Waals surface area contributed by atoms with Gasteiger partial charge in [0.15, 0.2) is 0 Å². The Morgan fingerprint density at radius 2 is 1.43 bits per heavy atom. The van der Waals surface area contributed by atoms with Gasteiger partial charge in [-0.2, -0.15) is 0 Å². The van der Waals surface area contributed by atoms with Gasteiger partial charge in [0.1, 0.15) is 6.23 Å². The van der Waals surface area contributed by atoms with E-state index in [1.54, 1.807) is 6.92 Å². The molecule has 7 nitrogen and oxygen atoms in total. The summed E-state index contributed by atoms with van der Waals surface area (Å²) in [5, 5.41) is -0.307. The van der Waals surface area contributed by atoms with Gasteiger partial charge in [-0.25, -0.2) is 4.79 Å². The van der Waals surface area contributed by atoms with Crippen LogP contribution in [-0.4, -0.2) is 65.1 Å². The van der Waals surface area contributed by atoms with Gasteiger partial charge >= 0.3 is 23.3 Å². The second-order valence-corrected chi connectivity index (χ2v) is 12.0. The highest BCUT2D eigenvalue weighted by molar-refractivity contribution is 6.85. The van der Waals surface area contributed by atoms with Crippen molar-refractivity contribution >= 4 is 23.3 Å². The van der Waals surface area contributed by atoms with Crippen molar-refractivity contribution in [3.63, 3.8) is 0 Å². The zero-order valence-corrected chi connectivity index (χ0v) is 15.8. The quantitative estimate of drug-likeness (QED) is 0.336. The fourth-order valence-electron chi connectivity index (χ4n) is 2.02. The zero-order chi connectivity index (χ0) is 16.7. The number of esters is 1. The fraction of sp³-hybridized carbons (Fsp3) is 0.750. The summed E-state index contributed by atoms with van der Waals surface area (Å²) in [6.45, 7) is 6.98. The monoisotopic (exact) mass is 338 g/mol. The highest BCUT2D eigenvalue weighted by atomic mass is 28.4. The minimum absolute atomic E-state index is 0.00229. The van der Waals surface area contributed by atoms with Crippen LogP contribution in [0.3, 0.4) is 0 Å². The summed E-state index contributed by atoms with van der Waals surface area (Å²) in [6, 6.07) is 0. The summed E-state index contributed by atoms with van der Waals surface area (Å²) in [7, 11) is 1.62. The third kappa shape index (κ3) is 4.45. The van der Waals surface area contributed by atoms with Crippen molar-refractivity contribution in [2.75, 3.05) is 41.8 Å². The van der Waals surface area contributed by atoms with E-state index in [9.17, 15) is 4.79 Å². The summed E-state index contributed by atoms with van der Waals surface area (Å²) in [5.74, 6) is -0.493. The van der Waals surface area contributed by atoms with E-state index < -0.39 is 23.3 Å². The van der Waals surface area contributed by atoms with E-state index in [1.807, 2.05) is 6.92 Å².